The topological polar surface area (TPSA) is 95.6 Å². The molecule has 1 saturated carbocycles. The number of rotatable bonds is 5. The predicted octanol–water partition coefficient (Wildman–Crippen LogP) is 1.79. The highest BCUT2D eigenvalue weighted by Crippen LogP contribution is 2.30. The molecular formula is C17H23N3O4S. The van der Waals surface area contributed by atoms with Gasteiger partial charge < -0.3 is 10.2 Å². The van der Waals surface area contributed by atoms with Crippen LogP contribution in [0.15, 0.2) is 24.3 Å². The maximum absolute atomic E-state index is 12.6. The van der Waals surface area contributed by atoms with E-state index >= 15 is 0 Å². The molecule has 0 aromatic heterocycles. The lowest BCUT2D eigenvalue weighted by atomic mass is 10.1. The number of likely N-dealkylation sites (tertiary alicyclic amines) is 1. The maximum atomic E-state index is 12.6. The van der Waals surface area contributed by atoms with Gasteiger partial charge >= 0.3 is 0 Å². The molecule has 1 aliphatic carbocycles. The van der Waals surface area contributed by atoms with Crippen LogP contribution in [0.3, 0.4) is 0 Å². The zero-order valence-corrected chi connectivity index (χ0v) is 15.0. The second-order valence-electron chi connectivity index (χ2n) is 6.79. The van der Waals surface area contributed by atoms with Crippen molar-refractivity contribution < 1.29 is 18.0 Å². The Labute approximate surface area is 147 Å². The third-order valence-corrected chi connectivity index (χ3v) is 5.37. The molecule has 1 aromatic carbocycles. The lowest BCUT2D eigenvalue weighted by molar-refractivity contribution is -0.129. The summed E-state index contributed by atoms with van der Waals surface area (Å²) in [5.41, 5.74) is 0.708. The van der Waals surface area contributed by atoms with E-state index < -0.39 is 15.9 Å². The van der Waals surface area contributed by atoms with Crippen LogP contribution < -0.4 is 10.0 Å². The van der Waals surface area contributed by atoms with Crippen molar-refractivity contribution in [2.45, 2.75) is 38.1 Å². The first-order valence-electron chi connectivity index (χ1n) is 8.50. The van der Waals surface area contributed by atoms with E-state index in [4.69, 9.17) is 0 Å². The molecule has 1 saturated heterocycles. The van der Waals surface area contributed by atoms with Gasteiger partial charge in [0.05, 0.1) is 23.5 Å². The van der Waals surface area contributed by atoms with Gasteiger partial charge in [-0.1, -0.05) is 25.0 Å². The summed E-state index contributed by atoms with van der Waals surface area (Å²) in [5, 5.41) is 2.76. The molecule has 8 heteroatoms. The number of benzene rings is 1. The molecule has 25 heavy (non-hydrogen) atoms. The van der Waals surface area contributed by atoms with Gasteiger partial charge in [0.15, 0.2) is 0 Å². The van der Waals surface area contributed by atoms with Crippen molar-refractivity contribution in [1.29, 1.82) is 0 Å². The van der Waals surface area contributed by atoms with Crippen molar-refractivity contribution in [3.63, 3.8) is 0 Å². The summed E-state index contributed by atoms with van der Waals surface area (Å²) >= 11 is 0. The number of para-hydroxylation sites is 2. The number of nitrogens with zero attached hydrogens (tertiary/aromatic N) is 1. The molecule has 2 amide bonds. The van der Waals surface area contributed by atoms with Crippen LogP contribution in [0.1, 0.15) is 32.1 Å². The minimum atomic E-state index is -3.45. The third-order valence-electron chi connectivity index (χ3n) is 4.77. The molecule has 3 rings (SSSR count). The van der Waals surface area contributed by atoms with Gasteiger partial charge in [0.25, 0.3) is 0 Å². The van der Waals surface area contributed by atoms with Crippen LogP contribution in [0.2, 0.25) is 0 Å². The van der Waals surface area contributed by atoms with Crippen molar-refractivity contribution >= 4 is 33.2 Å². The first-order valence-corrected chi connectivity index (χ1v) is 10.4. The van der Waals surface area contributed by atoms with Crippen LogP contribution in [-0.2, 0) is 19.6 Å². The Balaban J connectivity index is 1.68. The average molecular weight is 365 g/mol. The largest absolute Gasteiger partial charge is 0.339 e. The van der Waals surface area contributed by atoms with E-state index in [1.165, 1.54) is 0 Å². The minimum absolute atomic E-state index is 0.0367. The number of anilines is 2. The lowest BCUT2D eigenvalue weighted by Gasteiger charge is -2.24. The third kappa shape index (κ3) is 4.31. The molecule has 2 aliphatic rings. The van der Waals surface area contributed by atoms with Crippen molar-refractivity contribution in [3.8, 4) is 0 Å². The molecule has 1 aliphatic heterocycles. The van der Waals surface area contributed by atoms with E-state index in [-0.39, 0.29) is 24.3 Å². The second kappa shape index (κ2) is 7.03. The Morgan fingerprint density at radius 3 is 2.44 bits per heavy atom. The van der Waals surface area contributed by atoms with Gasteiger partial charge in [0.1, 0.15) is 0 Å². The molecule has 1 heterocycles. The predicted molar refractivity (Wildman–Crippen MR) is 95.6 cm³/mol. The summed E-state index contributed by atoms with van der Waals surface area (Å²) in [6.07, 6.45) is 5.57. The standard InChI is InChI=1S/C17H23N3O4S/c1-25(23,24)19-15-9-5-4-8-14(15)18-17(22)12-10-16(21)20(11-12)13-6-2-3-7-13/h4-5,8-9,12-13,19H,2-3,6-7,10-11H2,1H3,(H,18,22). The van der Waals surface area contributed by atoms with E-state index in [1.807, 2.05) is 4.90 Å². The maximum Gasteiger partial charge on any atom is 0.229 e. The fourth-order valence-electron chi connectivity index (χ4n) is 3.59. The van der Waals surface area contributed by atoms with Gasteiger partial charge in [0.2, 0.25) is 21.8 Å². The molecule has 7 nitrogen and oxygen atoms in total. The zero-order chi connectivity index (χ0) is 18.0. The quantitative estimate of drug-likeness (QED) is 0.831. The summed E-state index contributed by atoms with van der Waals surface area (Å²) in [6.45, 7) is 0.441. The van der Waals surface area contributed by atoms with E-state index in [0.29, 0.717) is 17.9 Å². The smallest absolute Gasteiger partial charge is 0.229 e. The Hall–Kier alpha value is -2.09. The molecule has 2 N–H and O–H groups in total. The van der Waals surface area contributed by atoms with E-state index in [9.17, 15) is 18.0 Å². The molecule has 136 valence electrons. The molecule has 1 aromatic rings. The Kier molecular flexibility index (Phi) is 4.99. The Morgan fingerprint density at radius 1 is 1.16 bits per heavy atom. The van der Waals surface area contributed by atoms with Crippen LogP contribution in [0.4, 0.5) is 11.4 Å². The summed E-state index contributed by atoms with van der Waals surface area (Å²) in [5.74, 6) is -0.620. The number of hydrogen-bond acceptors (Lipinski definition) is 4. The van der Waals surface area contributed by atoms with Crippen LogP contribution in [0.5, 0.6) is 0 Å². The van der Waals surface area contributed by atoms with Crippen LogP contribution in [0, 0.1) is 5.92 Å². The summed E-state index contributed by atoms with van der Waals surface area (Å²) in [4.78, 5) is 26.7. The van der Waals surface area contributed by atoms with Gasteiger partial charge in [-0.2, -0.15) is 0 Å². The first-order chi connectivity index (χ1) is 11.8. The summed E-state index contributed by atoms with van der Waals surface area (Å²) < 4.78 is 25.3. The monoisotopic (exact) mass is 365 g/mol. The highest BCUT2D eigenvalue weighted by Gasteiger charge is 2.38. The van der Waals surface area contributed by atoms with Crippen LogP contribution in [0.25, 0.3) is 0 Å². The number of nitrogens with one attached hydrogen (secondary N) is 2. The summed E-state index contributed by atoms with van der Waals surface area (Å²) in [6, 6.07) is 6.89. The second-order valence-corrected chi connectivity index (χ2v) is 8.54. The zero-order valence-electron chi connectivity index (χ0n) is 14.2. The Morgan fingerprint density at radius 2 is 1.80 bits per heavy atom. The van der Waals surface area contributed by atoms with Crippen LogP contribution in [-0.4, -0.2) is 44.0 Å². The van der Waals surface area contributed by atoms with Crippen molar-refractivity contribution in [3.05, 3.63) is 24.3 Å². The number of carbonyl (C=O) groups is 2. The average Bonchev–Trinajstić information content (AvgIpc) is 3.16. The van der Waals surface area contributed by atoms with E-state index in [2.05, 4.69) is 10.0 Å². The SMILES string of the molecule is CS(=O)(=O)Nc1ccccc1NC(=O)C1CC(=O)N(C2CCCC2)C1. The lowest BCUT2D eigenvalue weighted by Crippen LogP contribution is -2.35. The number of carbonyl (C=O) groups excluding carboxylic acids is 2. The van der Waals surface area contributed by atoms with Crippen molar-refractivity contribution in [2.75, 3.05) is 22.8 Å². The van der Waals surface area contributed by atoms with E-state index in [0.717, 1.165) is 31.9 Å². The number of sulfonamides is 1. The number of hydrogen-bond donors (Lipinski definition) is 2. The number of amides is 2. The van der Waals surface area contributed by atoms with Crippen molar-refractivity contribution in [2.24, 2.45) is 5.92 Å². The summed E-state index contributed by atoms with van der Waals surface area (Å²) in [7, 11) is -3.45. The highest BCUT2D eigenvalue weighted by molar-refractivity contribution is 7.92. The molecule has 1 atom stereocenters. The van der Waals surface area contributed by atoms with E-state index in [1.54, 1.807) is 24.3 Å². The fraction of sp³-hybridized carbons (Fsp3) is 0.529. The molecule has 0 spiro atoms. The van der Waals surface area contributed by atoms with Gasteiger partial charge in [-0.25, -0.2) is 8.42 Å². The van der Waals surface area contributed by atoms with Gasteiger partial charge in [0, 0.05) is 19.0 Å². The highest BCUT2D eigenvalue weighted by atomic mass is 32.2. The van der Waals surface area contributed by atoms with Gasteiger partial charge in [-0.05, 0) is 25.0 Å². The molecule has 0 bridgehead atoms. The van der Waals surface area contributed by atoms with Gasteiger partial charge in [-0.15, -0.1) is 0 Å². The molecular weight excluding hydrogens is 342 g/mol. The fourth-order valence-corrected chi connectivity index (χ4v) is 4.17. The molecule has 2 fully saturated rings. The minimum Gasteiger partial charge on any atom is -0.339 e. The molecule has 1 unspecified atom stereocenters. The molecule has 0 radical (unpaired) electrons. The van der Waals surface area contributed by atoms with Gasteiger partial charge in [-0.3, -0.25) is 14.3 Å². The van der Waals surface area contributed by atoms with Crippen LogP contribution >= 0.6 is 0 Å². The van der Waals surface area contributed by atoms with Crippen molar-refractivity contribution in [1.82, 2.24) is 4.90 Å². The first kappa shape index (κ1) is 17.7. The normalized spacial score (nSPS) is 21.6. The Bertz CT molecular complexity index is 772.